The summed E-state index contributed by atoms with van der Waals surface area (Å²) in [6.07, 6.45) is 5.30. The maximum absolute atomic E-state index is 14.5. The second-order valence-corrected chi connectivity index (χ2v) is 8.10. The number of aliphatic hydroxyl groups is 1. The fourth-order valence-corrected chi connectivity index (χ4v) is 5.10. The van der Waals surface area contributed by atoms with Crippen LogP contribution in [0.15, 0.2) is 61.1 Å². The molecule has 2 aliphatic rings. The summed E-state index contributed by atoms with van der Waals surface area (Å²) in [7, 11) is 1.96. The first kappa shape index (κ1) is 19.6. The molecule has 0 radical (unpaired) electrons. The topological polar surface area (TPSA) is 69.6 Å². The fourth-order valence-electron chi connectivity index (χ4n) is 5.10. The molecular formula is C24H23FN4O2. The highest BCUT2D eigenvalue weighted by Crippen LogP contribution is 2.49. The van der Waals surface area contributed by atoms with Gasteiger partial charge in [-0.2, -0.15) is 0 Å². The van der Waals surface area contributed by atoms with Crippen molar-refractivity contribution in [3.63, 3.8) is 0 Å². The molecule has 0 saturated carbocycles. The van der Waals surface area contributed by atoms with E-state index >= 15 is 0 Å². The summed E-state index contributed by atoms with van der Waals surface area (Å²) in [4.78, 5) is 25.4. The Labute approximate surface area is 180 Å². The third kappa shape index (κ3) is 3.16. The first-order chi connectivity index (χ1) is 15.1. The van der Waals surface area contributed by atoms with Crippen molar-refractivity contribution in [3.05, 3.63) is 78.1 Å². The molecule has 1 fully saturated rings. The summed E-state index contributed by atoms with van der Waals surface area (Å²) in [6, 6.07) is 12.2. The van der Waals surface area contributed by atoms with E-state index in [9.17, 15) is 14.3 Å². The number of hydrogen-bond acceptors (Lipinski definition) is 5. The summed E-state index contributed by atoms with van der Waals surface area (Å²) in [5, 5.41) is 10.1. The number of carbonyl (C=O) groups is 1. The minimum absolute atomic E-state index is 0.000650. The molecule has 7 heteroatoms. The lowest BCUT2D eigenvalue weighted by Crippen LogP contribution is -2.48. The maximum atomic E-state index is 14.5. The summed E-state index contributed by atoms with van der Waals surface area (Å²) in [6.45, 7) is 0.567. The van der Waals surface area contributed by atoms with Crippen LogP contribution in [-0.2, 0) is 0 Å². The zero-order valence-electron chi connectivity index (χ0n) is 17.1. The minimum atomic E-state index is -0.282. The highest BCUT2D eigenvalue weighted by atomic mass is 19.1. The van der Waals surface area contributed by atoms with Crippen molar-refractivity contribution in [2.45, 2.75) is 18.5 Å². The Morgan fingerprint density at radius 2 is 2.06 bits per heavy atom. The van der Waals surface area contributed by atoms with Crippen LogP contribution < -0.4 is 4.90 Å². The molecule has 0 unspecified atom stereocenters. The average molecular weight is 418 g/mol. The Bertz CT molecular complexity index is 1120. The van der Waals surface area contributed by atoms with E-state index in [1.165, 1.54) is 24.7 Å². The van der Waals surface area contributed by atoms with Gasteiger partial charge in [0.15, 0.2) is 0 Å². The molecule has 0 bridgehead atoms. The molecule has 3 aromatic rings. The first-order valence-corrected chi connectivity index (χ1v) is 10.4. The number of likely N-dealkylation sites (N-methyl/N-ethyl adjacent to an activating group) is 1. The molecule has 0 aliphatic carbocycles. The molecule has 5 rings (SSSR count). The van der Waals surface area contributed by atoms with E-state index < -0.39 is 0 Å². The van der Waals surface area contributed by atoms with Gasteiger partial charge in [-0.25, -0.2) is 9.37 Å². The summed E-state index contributed by atoms with van der Waals surface area (Å²) in [5.41, 5.74) is 3.50. The standard InChI is InChI=1S/C24H23FN4O2/c1-28-21-7-6-15(16-4-2-3-5-19(16)25)12-18(21)23-17(22(28)14-30)8-11-29(23)24(31)20-13-26-9-10-27-20/h2-7,9-10,12-13,17,22-23,30H,8,11,14H2,1H3/t17-,22-,23-/m1/s1. The number of amides is 1. The summed E-state index contributed by atoms with van der Waals surface area (Å²) in [5.74, 6) is -0.390. The van der Waals surface area contributed by atoms with Crippen LogP contribution in [0.2, 0.25) is 0 Å². The number of benzene rings is 2. The molecule has 0 spiro atoms. The number of aliphatic hydroxyl groups excluding tert-OH is 1. The minimum Gasteiger partial charge on any atom is -0.394 e. The fraction of sp³-hybridized carbons (Fsp3) is 0.292. The lowest BCUT2D eigenvalue weighted by atomic mass is 9.81. The zero-order valence-corrected chi connectivity index (χ0v) is 17.1. The Hall–Kier alpha value is -3.32. The number of nitrogens with zero attached hydrogens (tertiary/aromatic N) is 4. The van der Waals surface area contributed by atoms with Gasteiger partial charge >= 0.3 is 0 Å². The highest BCUT2D eigenvalue weighted by Gasteiger charge is 2.48. The van der Waals surface area contributed by atoms with Gasteiger partial charge in [-0.1, -0.05) is 24.3 Å². The van der Waals surface area contributed by atoms with Crippen molar-refractivity contribution in [1.29, 1.82) is 0 Å². The number of fused-ring (bicyclic) bond motifs is 3. The number of rotatable bonds is 3. The SMILES string of the molecule is CN1c2ccc(-c3ccccc3F)cc2[C@H]2[C@H](CCN2C(=O)c2cnccn2)[C@H]1CO. The molecule has 2 aromatic carbocycles. The molecule has 1 aromatic heterocycles. The quantitative estimate of drug-likeness (QED) is 0.707. The molecule has 1 saturated heterocycles. The number of anilines is 1. The molecular weight excluding hydrogens is 395 g/mol. The third-order valence-corrected chi connectivity index (χ3v) is 6.58. The Balaban J connectivity index is 1.63. The zero-order chi connectivity index (χ0) is 21.5. The van der Waals surface area contributed by atoms with Crippen molar-refractivity contribution < 1.29 is 14.3 Å². The third-order valence-electron chi connectivity index (χ3n) is 6.58. The second-order valence-electron chi connectivity index (χ2n) is 8.10. The van der Waals surface area contributed by atoms with Gasteiger partial charge in [0.2, 0.25) is 0 Å². The van der Waals surface area contributed by atoms with E-state index in [1.54, 1.807) is 12.1 Å². The van der Waals surface area contributed by atoms with Crippen LogP contribution in [0.1, 0.15) is 28.5 Å². The maximum Gasteiger partial charge on any atom is 0.274 e. The first-order valence-electron chi connectivity index (χ1n) is 10.4. The van der Waals surface area contributed by atoms with Crippen molar-refractivity contribution in [3.8, 4) is 11.1 Å². The van der Waals surface area contributed by atoms with Crippen molar-refractivity contribution in [2.24, 2.45) is 5.92 Å². The van der Waals surface area contributed by atoms with Crippen LogP contribution in [0, 0.1) is 11.7 Å². The lowest BCUT2D eigenvalue weighted by Gasteiger charge is -2.44. The van der Waals surface area contributed by atoms with Gasteiger partial charge in [-0.05, 0) is 35.7 Å². The summed E-state index contributed by atoms with van der Waals surface area (Å²) < 4.78 is 14.5. The van der Waals surface area contributed by atoms with Crippen LogP contribution in [0.5, 0.6) is 0 Å². The van der Waals surface area contributed by atoms with Crippen LogP contribution in [-0.4, -0.2) is 52.1 Å². The molecule has 31 heavy (non-hydrogen) atoms. The normalized spacial score (nSPS) is 22.2. The van der Waals surface area contributed by atoms with Crippen LogP contribution >= 0.6 is 0 Å². The van der Waals surface area contributed by atoms with Crippen LogP contribution in [0.3, 0.4) is 0 Å². The van der Waals surface area contributed by atoms with Gasteiger partial charge < -0.3 is 14.9 Å². The number of hydrogen-bond donors (Lipinski definition) is 1. The van der Waals surface area contributed by atoms with Gasteiger partial charge in [-0.3, -0.25) is 9.78 Å². The van der Waals surface area contributed by atoms with E-state index in [-0.39, 0.29) is 36.3 Å². The molecule has 6 nitrogen and oxygen atoms in total. The Morgan fingerprint density at radius 1 is 1.23 bits per heavy atom. The van der Waals surface area contributed by atoms with Gasteiger partial charge in [-0.15, -0.1) is 0 Å². The van der Waals surface area contributed by atoms with Crippen molar-refractivity contribution >= 4 is 11.6 Å². The Kier molecular flexibility index (Phi) is 4.90. The smallest absolute Gasteiger partial charge is 0.274 e. The number of halogens is 1. The average Bonchev–Trinajstić information content (AvgIpc) is 3.24. The monoisotopic (exact) mass is 418 g/mol. The van der Waals surface area contributed by atoms with Gasteiger partial charge in [0, 0.05) is 43.2 Å². The van der Waals surface area contributed by atoms with Gasteiger partial charge in [0.25, 0.3) is 5.91 Å². The molecule has 2 aliphatic heterocycles. The summed E-state index contributed by atoms with van der Waals surface area (Å²) >= 11 is 0. The van der Waals surface area contributed by atoms with E-state index in [4.69, 9.17) is 0 Å². The van der Waals surface area contributed by atoms with Gasteiger partial charge in [0.05, 0.1) is 24.9 Å². The van der Waals surface area contributed by atoms with Gasteiger partial charge in [0.1, 0.15) is 11.5 Å². The van der Waals surface area contributed by atoms with Crippen LogP contribution in [0.25, 0.3) is 11.1 Å². The predicted molar refractivity (Wildman–Crippen MR) is 115 cm³/mol. The molecule has 3 heterocycles. The predicted octanol–water partition coefficient (Wildman–Crippen LogP) is 3.30. The lowest BCUT2D eigenvalue weighted by molar-refractivity contribution is 0.0687. The van der Waals surface area contributed by atoms with Crippen molar-refractivity contribution in [2.75, 3.05) is 25.1 Å². The van der Waals surface area contributed by atoms with E-state index in [1.807, 2.05) is 36.2 Å². The molecule has 1 amide bonds. The van der Waals surface area contributed by atoms with Crippen LogP contribution in [0.4, 0.5) is 10.1 Å². The number of aromatic nitrogens is 2. The van der Waals surface area contributed by atoms with E-state index in [0.29, 0.717) is 17.8 Å². The molecule has 1 N–H and O–H groups in total. The largest absolute Gasteiger partial charge is 0.394 e. The van der Waals surface area contributed by atoms with E-state index in [2.05, 4.69) is 14.9 Å². The molecule has 158 valence electrons. The number of likely N-dealkylation sites (tertiary alicyclic amines) is 1. The Morgan fingerprint density at radius 3 is 2.81 bits per heavy atom. The van der Waals surface area contributed by atoms with Crippen molar-refractivity contribution in [1.82, 2.24) is 14.9 Å². The van der Waals surface area contributed by atoms with E-state index in [0.717, 1.165) is 23.2 Å². The number of carbonyl (C=O) groups excluding carboxylic acids is 1. The second kappa shape index (κ2) is 7.74. The highest BCUT2D eigenvalue weighted by molar-refractivity contribution is 5.93. The molecule has 3 atom stereocenters.